The zero-order chi connectivity index (χ0) is 32.7. The maximum absolute atomic E-state index is 12.9. The predicted octanol–water partition coefficient (Wildman–Crippen LogP) is 9.02. The number of aliphatic hydroxyl groups excluding tert-OH is 1. The summed E-state index contributed by atoms with van der Waals surface area (Å²) in [5.41, 5.74) is 4.39. The lowest BCUT2D eigenvalue weighted by Crippen LogP contribution is -2.60. The van der Waals surface area contributed by atoms with Crippen LogP contribution in [0.1, 0.15) is 79.2 Å². The van der Waals surface area contributed by atoms with Gasteiger partial charge < -0.3 is 23.8 Å². The largest absolute Gasteiger partial charge is 0.493 e. The van der Waals surface area contributed by atoms with Gasteiger partial charge in [0, 0.05) is 6.42 Å². The molecule has 1 fully saturated rings. The van der Waals surface area contributed by atoms with Crippen LogP contribution in [0.3, 0.4) is 0 Å². The first-order valence-electron chi connectivity index (χ1n) is 15.8. The number of ether oxygens (including phenoxy) is 1. The Morgan fingerprint density at radius 3 is 2.14 bits per heavy atom. The fourth-order valence-corrected chi connectivity index (χ4v) is 7.53. The number of carboxylic acid groups (broad SMARTS) is 1. The van der Waals surface area contributed by atoms with E-state index < -0.39 is 28.4 Å². The molecule has 43 heavy (non-hydrogen) atoms. The molecule has 2 N–H and O–H groups in total. The highest BCUT2D eigenvalue weighted by Crippen LogP contribution is 2.45. The second kappa shape index (κ2) is 14.9. The molecule has 1 saturated carbocycles. The van der Waals surface area contributed by atoms with E-state index in [1.807, 2.05) is 24.3 Å². The number of aryl methyl sites for hydroxylation is 1. The smallest absolute Gasteiger partial charge is 0.362 e. The van der Waals surface area contributed by atoms with Gasteiger partial charge in [-0.05, 0) is 111 Å². The van der Waals surface area contributed by atoms with Crippen molar-refractivity contribution >= 4 is 22.6 Å². The fourth-order valence-electron chi connectivity index (χ4n) is 4.76. The minimum Gasteiger partial charge on any atom is -0.493 e. The van der Waals surface area contributed by atoms with Gasteiger partial charge in [0.15, 0.2) is 16.6 Å². The van der Waals surface area contributed by atoms with Crippen molar-refractivity contribution in [3.8, 4) is 5.75 Å². The number of carbonyl (C=O) groups is 1. The Morgan fingerprint density at radius 1 is 1.00 bits per heavy atom. The van der Waals surface area contributed by atoms with Gasteiger partial charge in [0.1, 0.15) is 5.75 Å². The Morgan fingerprint density at radius 2 is 1.60 bits per heavy atom. The first kappa shape index (κ1) is 37.3. The van der Waals surface area contributed by atoms with Crippen LogP contribution in [-0.2, 0) is 13.6 Å². The molecule has 0 aliphatic heterocycles. The van der Waals surface area contributed by atoms with Crippen molar-refractivity contribution < 1.29 is 28.6 Å². The van der Waals surface area contributed by atoms with Crippen molar-refractivity contribution in [1.29, 1.82) is 0 Å². The number of hydrogen-bond donors (Lipinski definition) is 2. The Hall–Kier alpha value is -1.94. The Kier molecular flexibility index (Phi) is 12.9. The van der Waals surface area contributed by atoms with Gasteiger partial charge in [-0.25, -0.2) is 4.79 Å². The van der Waals surface area contributed by atoms with Crippen molar-refractivity contribution in [3.63, 3.8) is 0 Å². The van der Waals surface area contributed by atoms with Crippen molar-refractivity contribution in [1.82, 2.24) is 0 Å². The van der Waals surface area contributed by atoms with E-state index >= 15 is 0 Å². The van der Waals surface area contributed by atoms with E-state index in [1.165, 1.54) is 5.56 Å². The molecule has 0 unspecified atom stereocenters. The van der Waals surface area contributed by atoms with E-state index in [-0.39, 0.29) is 34.4 Å². The minimum absolute atomic E-state index is 0.0648. The lowest BCUT2D eigenvalue weighted by atomic mass is 9.91. The molecule has 1 aliphatic carbocycles. The van der Waals surface area contributed by atoms with E-state index in [2.05, 4.69) is 98.6 Å². The molecule has 8 heteroatoms. The Balaban J connectivity index is 2.13. The van der Waals surface area contributed by atoms with Crippen LogP contribution in [0.15, 0.2) is 54.3 Å². The normalized spacial score (nSPS) is 20.2. The first-order chi connectivity index (χ1) is 19.7. The van der Waals surface area contributed by atoms with Crippen LogP contribution >= 0.6 is 0 Å². The number of benzene rings is 1. The molecule has 0 bridgehead atoms. The molecule has 0 aromatic heterocycles. The maximum Gasteiger partial charge on any atom is 0.362 e. The van der Waals surface area contributed by atoms with Crippen LogP contribution in [0, 0.1) is 18.8 Å². The van der Waals surface area contributed by atoms with Gasteiger partial charge in [0.25, 0.3) is 5.79 Å². The van der Waals surface area contributed by atoms with Crippen LogP contribution in [0.2, 0.25) is 36.3 Å². The summed E-state index contributed by atoms with van der Waals surface area (Å²) in [6.45, 7) is 23.5. The van der Waals surface area contributed by atoms with Crippen LogP contribution in [0.25, 0.3) is 0 Å². The summed E-state index contributed by atoms with van der Waals surface area (Å²) in [7, 11) is -5.00. The van der Waals surface area contributed by atoms with Gasteiger partial charge in [-0.1, -0.05) is 65.8 Å². The van der Waals surface area contributed by atoms with Gasteiger partial charge in [0.2, 0.25) is 0 Å². The quantitative estimate of drug-likeness (QED) is 0.0701. The maximum atomic E-state index is 12.9. The molecule has 2 rings (SSSR count). The summed E-state index contributed by atoms with van der Waals surface area (Å²) >= 11 is 0. The third kappa shape index (κ3) is 10.6. The number of hydrogen-bond acceptors (Lipinski definition) is 5. The molecule has 0 radical (unpaired) electrons. The number of rotatable bonds is 14. The van der Waals surface area contributed by atoms with Crippen molar-refractivity contribution in [3.05, 3.63) is 59.9 Å². The minimum atomic E-state index is -2.50. The summed E-state index contributed by atoms with van der Waals surface area (Å²) in [6, 6.07) is 8.06. The van der Waals surface area contributed by atoms with E-state index in [0.717, 1.165) is 25.0 Å². The van der Waals surface area contributed by atoms with E-state index in [1.54, 1.807) is 6.08 Å². The molecule has 1 aliphatic rings. The molecular weight excluding hydrogens is 573 g/mol. The molecule has 0 saturated heterocycles. The zero-order valence-electron chi connectivity index (χ0n) is 28.6. The van der Waals surface area contributed by atoms with Crippen LogP contribution in [0.5, 0.6) is 5.75 Å². The summed E-state index contributed by atoms with van der Waals surface area (Å²) in [5, 5.41) is 20.9. The number of aliphatic hydroxyl groups is 1. The molecule has 3 atom stereocenters. The molecule has 0 heterocycles. The number of carboxylic acids is 1. The fraction of sp³-hybridized carbons (Fsp3) is 0.657. The van der Waals surface area contributed by atoms with Crippen LogP contribution in [0.4, 0.5) is 0 Å². The topological polar surface area (TPSA) is 85.2 Å². The number of aliphatic carboxylic acids is 1. The van der Waals surface area contributed by atoms with Crippen molar-refractivity contribution in [2.45, 2.75) is 129 Å². The average Bonchev–Trinajstić information content (AvgIpc) is 3.20. The highest BCUT2D eigenvalue weighted by molar-refractivity contribution is 6.75. The second-order valence-corrected chi connectivity index (χ2v) is 24.6. The molecule has 0 amide bonds. The SMILES string of the molecule is Cc1cccc(OCCC=C[C@H]2CC[C@H](O)[C@@H]2CC=C=CCC(O[Si](C)(C)C(C)(C)C)(O[Si](C)(C)C(C)(C)C)C(=O)O)c1. The van der Waals surface area contributed by atoms with E-state index in [4.69, 9.17) is 13.6 Å². The summed E-state index contributed by atoms with van der Waals surface area (Å²) < 4.78 is 19.1. The summed E-state index contributed by atoms with van der Waals surface area (Å²) in [4.78, 5) is 12.9. The van der Waals surface area contributed by atoms with Gasteiger partial charge in [-0.3, -0.25) is 0 Å². The lowest BCUT2D eigenvalue weighted by Gasteiger charge is -2.48. The molecule has 0 spiro atoms. The van der Waals surface area contributed by atoms with Gasteiger partial charge in [0.05, 0.1) is 12.7 Å². The van der Waals surface area contributed by atoms with Crippen LogP contribution < -0.4 is 4.74 Å². The standard InChI is InChI=1S/C35H58O6Si2/c1-27-18-17-20-29(26-27)39-25-16-14-19-28-22-23-31(36)30(28)21-13-12-15-24-35(32(37)38,40-42(8,9)33(2,3)4)41-43(10,11)34(5,6)7/h13-15,17-20,26,28,30-31,36H,16,21-25H2,1-11H3,(H,37,38)/t12?,28-,30+,31-/m0/s1. The molecule has 6 nitrogen and oxygen atoms in total. The lowest BCUT2D eigenvalue weighted by molar-refractivity contribution is -0.191. The summed E-state index contributed by atoms with van der Waals surface area (Å²) in [5.74, 6) is -1.59. The van der Waals surface area contributed by atoms with Gasteiger partial charge in [-0.2, -0.15) is 0 Å². The molecule has 1 aromatic rings. The van der Waals surface area contributed by atoms with E-state index in [9.17, 15) is 15.0 Å². The Labute approximate surface area is 263 Å². The molecule has 1 aromatic carbocycles. The third-order valence-electron chi connectivity index (χ3n) is 9.54. The molecule has 242 valence electrons. The second-order valence-electron chi connectivity index (χ2n) is 15.2. The Bertz CT molecular complexity index is 1120. The number of allylic oxidation sites excluding steroid dienone is 1. The van der Waals surface area contributed by atoms with Gasteiger partial charge >= 0.3 is 5.97 Å². The van der Waals surface area contributed by atoms with Crippen molar-refractivity contribution in [2.75, 3.05) is 6.61 Å². The van der Waals surface area contributed by atoms with Gasteiger partial charge in [-0.15, -0.1) is 5.73 Å². The zero-order valence-corrected chi connectivity index (χ0v) is 30.6. The molecular formula is C35H58O6Si2. The highest BCUT2D eigenvalue weighted by atomic mass is 28.4. The van der Waals surface area contributed by atoms with Crippen molar-refractivity contribution in [2.24, 2.45) is 11.8 Å². The average molecular weight is 631 g/mol. The van der Waals surface area contributed by atoms with E-state index in [0.29, 0.717) is 13.0 Å². The summed E-state index contributed by atoms with van der Waals surface area (Å²) in [6.07, 6.45) is 10.9. The van der Waals surface area contributed by atoms with Crippen LogP contribution in [-0.4, -0.2) is 51.3 Å². The predicted molar refractivity (Wildman–Crippen MR) is 181 cm³/mol. The first-order valence-corrected chi connectivity index (χ1v) is 21.6. The monoisotopic (exact) mass is 630 g/mol. The highest BCUT2D eigenvalue weighted by Gasteiger charge is 2.54. The third-order valence-corrected chi connectivity index (χ3v) is 18.4.